The normalized spacial score (nSPS) is 15.6. The Morgan fingerprint density at radius 3 is 2.68 bits per heavy atom. The number of carbonyl (C=O) groups is 1. The molecular weight excluding hydrogens is 312 g/mol. The van der Waals surface area contributed by atoms with E-state index in [0.29, 0.717) is 25.6 Å². The van der Waals surface area contributed by atoms with Gasteiger partial charge in [0.2, 0.25) is 0 Å². The van der Waals surface area contributed by atoms with Gasteiger partial charge in [0.25, 0.3) is 0 Å². The van der Waals surface area contributed by atoms with E-state index < -0.39 is 0 Å². The molecule has 0 spiro atoms. The second kappa shape index (κ2) is 7.43. The smallest absolute Gasteiger partial charge is 0.329 e. The standard InChI is InChI=1S/C21H24N2O2/c1-4-14-22(17-10-12-18(13-11-17)25-5-2)21(24)23-15-16(3)19-8-6-7-9-20(19)23/h4,6-13,16H,1,5,14-15H2,2-3H3. The molecule has 1 atom stereocenters. The van der Waals surface area contributed by atoms with E-state index in [0.717, 1.165) is 17.1 Å². The molecule has 4 nitrogen and oxygen atoms in total. The number of urea groups is 1. The van der Waals surface area contributed by atoms with E-state index in [1.165, 1.54) is 5.56 Å². The van der Waals surface area contributed by atoms with Crippen LogP contribution in [-0.4, -0.2) is 25.7 Å². The van der Waals surface area contributed by atoms with Gasteiger partial charge >= 0.3 is 6.03 Å². The van der Waals surface area contributed by atoms with Gasteiger partial charge in [-0.2, -0.15) is 0 Å². The molecule has 1 heterocycles. The Labute approximate surface area is 149 Å². The summed E-state index contributed by atoms with van der Waals surface area (Å²) >= 11 is 0. The minimum Gasteiger partial charge on any atom is -0.494 e. The molecule has 4 heteroatoms. The van der Waals surface area contributed by atoms with E-state index in [-0.39, 0.29) is 6.03 Å². The average molecular weight is 336 g/mol. The number of nitrogens with zero attached hydrogens (tertiary/aromatic N) is 2. The Bertz CT molecular complexity index is 755. The fourth-order valence-electron chi connectivity index (χ4n) is 3.26. The molecular formula is C21H24N2O2. The van der Waals surface area contributed by atoms with Crippen molar-refractivity contribution < 1.29 is 9.53 Å². The maximum absolute atomic E-state index is 13.2. The highest BCUT2D eigenvalue weighted by atomic mass is 16.5. The lowest BCUT2D eigenvalue weighted by molar-refractivity contribution is 0.252. The lowest BCUT2D eigenvalue weighted by Crippen LogP contribution is -2.43. The molecule has 2 aromatic rings. The molecule has 0 aromatic heterocycles. The van der Waals surface area contributed by atoms with Crippen molar-refractivity contribution in [3.8, 4) is 5.75 Å². The summed E-state index contributed by atoms with van der Waals surface area (Å²) in [5, 5.41) is 0. The zero-order valence-electron chi connectivity index (χ0n) is 14.8. The Kier molecular flexibility index (Phi) is 5.08. The Balaban J connectivity index is 1.88. The van der Waals surface area contributed by atoms with Crippen LogP contribution in [-0.2, 0) is 0 Å². The molecule has 0 bridgehead atoms. The van der Waals surface area contributed by atoms with Crippen molar-refractivity contribution in [2.24, 2.45) is 0 Å². The van der Waals surface area contributed by atoms with Crippen molar-refractivity contribution in [1.82, 2.24) is 0 Å². The van der Waals surface area contributed by atoms with E-state index in [9.17, 15) is 4.79 Å². The average Bonchev–Trinajstić information content (AvgIpc) is 2.98. The quantitative estimate of drug-likeness (QED) is 0.733. The number of carbonyl (C=O) groups excluding carboxylic acids is 1. The van der Waals surface area contributed by atoms with Crippen molar-refractivity contribution >= 4 is 17.4 Å². The number of fused-ring (bicyclic) bond motifs is 1. The van der Waals surface area contributed by atoms with Crippen LogP contribution in [0.15, 0.2) is 61.2 Å². The van der Waals surface area contributed by atoms with Crippen molar-refractivity contribution in [2.75, 3.05) is 29.5 Å². The molecule has 0 saturated carbocycles. The number of hydrogen-bond donors (Lipinski definition) is 0. The van der Waals surface area contributed by atoms with Crippen LogP contribution in [0.3, 0.4) is 0 Å². The van der Waals surface area contributed by atoms with Crippen molar-refractivity contribution in [1.29, 1.82) is 0 Å². The molecule has 0 radical (unpaired) electrons. The Morgan fingerprint density at radius 2 is 2.00 bits per heavy atom. The van der Waals surface area contributed by atoms with Gasteiger partial charge in [-0.25, -0.2) is 4.79 Å². The second-order valence-electron chi connectivity index (χ2n) is 6.18. The maximum atomic E-state index is 13.2. The van der Waals surface area contributed by atoms with Crippen LogP contribution in [0, 0.1) is 0 Å². The maximum Gasteiger partial charge on any atom is 0.329 e. The second-order valence-corrected chi connectivity index (χ2v) is 6.18. The summed E-state index contributed by atoms with van der Waals surface area (Å²) in [6.07, 6.45) is 1.75. The largest absolute Gasteiger partial charge is 0.494 e. The predicted octanol–water partition coefficient (Wildman–Crippen LogP) is 4.82. The van der Waals surface area contributed by atoms with Gasteiger partial charge in [-0.15, -0.1) is 6.58 Å². The fraction of sp³-hybridized carbons (Fsp3) is 0.286. The molecule has 2 aromatic carbocycles. The summed E-state index contributed by atoms with van der Waals surface area (Å²) in [6, 6.07) is 15.7. The SMILES string of the molecule is C=CCN(C(=O)N1CC(C)c2ccccc21)c1ccc(OCC)cc1. The highest BCUT2D eigenvalue weighted by Crippen LogP contribution is 2.36. The van der Waals surface area contributed by atoms with Crippen LogP contribution >= 0.6 is 0 Å². The molecule has 3 rings (SSSR count). The molecule has 1 aliphatic heterocycles. The van der Waals surface area contributed by atoms with Gasteiger partial charge in [0.1, 0.15) is 5.75 Å². The van der Waals surface area contributed by atoms with Gasteiger partial charge in [-0.3, -0.25) is 9.80 Å². The molecule has 0 N–H and O–H groups in total. The summed E-state index contributed by atoms with van der Waals surface area (Å²) in [5.41, 5.74) is 3.06. The van der Waals surface area contributed by atoms with Crippen molar-refractivity contribution in [2.45, 2.75) is 19.8 Å². The first-order valence-electron chi connectivity index (χ1n) is 8.67. The lowest BCUT2D eigenvalue weighted by atomic mass is 10.0. The van der Waals surface area contributed by atoms with Gasteiger partial charge in [0.05, 0.1) is 6.61 Å². The van der Waals surface area contributed by atoms with E-state index in [2.05, 4.69) is 19.6 Å². The molecule has 25 heavy (non-hydrogen) atoms. The van der Waals surface area contributed by atoms with E-state index in [1.807, 2.05) is 54.3 Å². The minimum absolute atomic E-state index is 0.0270. The molecule has 1 unspecified atom stereocenters. The fourth-order valence-corrected chi connectivity index (χ4v) is 3.26. The van der Waals surface area contributed by atoms with Crippen LogP contribution < -0.4 is 14.5 Å². The molecule has 0 aliphatic carbocycles. The molecule has 0 fully saturated rings. The molecule has 2 amide bonds. The van der Waals surface area contributed by atoms with E-state index in [1.54, 1.807) is 11.0 Å². The number of hydrogen-bond acceptors (Lipinski definition) is 2. The van der Waals surface area contributed by atoms with Crippen LogP contribution in [0.4, 0.5) is 16.2 Å². The first-order valence-corrected chi connectivity index (χ1v) is 8.67. The monoisotopic (exact) mass is 336 g/mol. The third kappa shape index (κ3) is 3.38. The molecule has 130 valence electrons. The van der Waals surface area contributed by atoms with E-state index in [4.69, 9.17) is 4.74 Å². The Morgan fingerprint density at radius 1 is 1.28 bits per heavy atom. The van der Waals surface area contributed by atoms with Gasteiger partial charge in [-0.05, 0) is 42.8 Å². The third-order valence-electron chi connectivity index (χ3n) is 4.45. The Hall–Kier alpha value is -2.75. The number of ether oxygens (including phenoxy) is 1. The summed E-state index contributed by atoms with van der Waals surface area (Å²) < 4.78 is 5.49. The third-order valence-corrected chi connectivity index (χ3v) is 4.45. The zero-order valence-corrected chi connectivity index (χ0v) is 14.8. The van der Waals surface area contributed by atoms with Crippen LogP contribution in [0.2, 0.25) is 0 Å². The number of para-hydroxylation sites is 1. The number of rotatable bonds is 5. The number of anilines is 2. The van der Waals surface area contributed by atoms with Gasteiger partial charge in [-0.1, -0.05) is 31.2 Å². The predicted molar refractivity (Wildman–Crippen MR) is 103 cm³/mol. The first-order chi connectivity index (χ1) is 12.2. The van der Waals surface area contributed by atoms with Crippen molar-refractivity contribution in [3.05, 3.63) is 66.7 Å². The zero-order chi connectivity index (χ0) is 17.8. The van der Waals surface area contributed by atoms with Gasteiger partial charge in [0.15, 0.2) is 0 Å². The highest BCUT2D eigenvalue weighted by molar-refractivity contribution is 6.05. The summed E-state index contributed by atoms with van der Waals surface area (Å²) in [4.78, 5) is 16.8. The van der Waals surface area contributed by atoms with Crippen LogP contribution in [0.25, 0.3) is 0 Å². The molecule has 1 aliphatic rings. The summed E-state index contributed by atoms with van der Waals surface area (Å²) in [5.74, 6) is 1.14. The lowest BCUT2D eigenvalue weighted by Gasteiger charge is -2.28. The number of amides is 2. The first kappa shape index (κ1) is 17.1. The van der Waals surface area contributed by atoms with Crippen LogP contribution in [0.1, 0.15) is 25.3 Å². The molecule has 0 saturated heterocycles. The van der Waals surface area contributed by atoms with Crippen molar-refractivity contribution in [3.63, 3.8) is 0 Å². The minimum atomic E-state index is -0.0270. The van der Waals surface area contributed by atoms with Gasteiger partial charge in [0, 0.05) is 30.4 Å². The number of benzene rings is 2. The topological polar surface area (TPSA) is 32.8 Å². The summed E-state index contributed by atoms with van der Waals surface area (Å²) in [7, 11) is 0. The van der Waals surface area contributed by atoms with Gasteiger partial charge < -0.3 is 4.74 Å². The van der Waals surface area contributed by atoms with Crippen LogP contribution in [0.5, 0.6) is 5.75 Å². The summed E-state index contributed by atoms with van der Waals surface area (Å²) in [6.45, 7) is 9.69. The van der Waals surface area contributed by atoms with E-state index >= 15 is 0 Å². The highest BCUT2D eigenvalue weighted by Gasteiger charge is 2.32.